The van der Waals surface area contributed by atoms with Gasteiger partial charge in [-0.15, -0.1) is 0 Å². The lowest BCUT2D eigenvalue weighted by Gasteiger charge is -2.25. The first kappa shape index (κ1) is 24.0. The molecule has 0 bridgehead atoms. The molecule has 4 aromatic carbocycles. The van der Waals surface area contributed by atoms with Crippen LogP contribution in [-0.4, -0.2) is 20.9 Å². The second-order valence-corrected chi connectivity index (χ2v) is 10.0. The van der Waals surface area contributed by atoms with Gasteiger partial charge >= 0.3 is 0 Å². The Hall–Kier alpha value is -4.10. The van der Waals surface area contributed by atoms with Gasteiger partial charge in [0.2, 0.25) is 5.91 Å². The number of hydrogen-bond donors (Lipinski definition) is 1. The van der Waals surface area contributed by atoms with Crippen molar-refractivity contribution in [1.29, 1.82) is 0 Å². The average Bonchev–Trinajstić information content (AvgIpc) is 2.84. The number of nitrogens with zero attached hydrogens (tertiary/aromatic N) is 1. The average molecular weight is 487 g/mol. The summed E-state index contributed by atoms with van der Waals surface area (Å²) in [5.74, 6) is 0.873. The molecule has 35 heavy (non-hydrogen) atoms. The van der Waals surface area contributed by atoms with Gasteiger partial charge < -0.3 is 10.1 Å². The van der Waals surface area contributed by atoms with Gasteiger partial charge in [0.25, 0.3) is 10.0 Å². The minimum atomic E-state index is -3.96. The van der Waals surface area contributed by atoms with Crippen LogP contribution in [0.25, 0.3) is 0 Å². The van der Waals surface area contributed by atoms with Crippen molar-refractivity contribution in [3.63, 3.8) is 0 Å². The van der Waals surface area contributed by atoms with Crippen molar-refractivity contribution in [3.05, 3.63) is 114 Å². The Morgan fingerprint density at radius 3 is 1.91 bits per heavy atom. The predicted molar refractivity (Wildman–Crippen MR) is 138 cm³/mol. The van der Waals surface area contributed by atoms with Gasteiger partial charge in [0.15, 0.2) is 0 Å². The van der Waals surface area contributed by atoms with E-state index in [0.717, 1.165) is 15.4 Å². The van der Waals surface area contributed by atoms with Crippen LogP contribution < -0.4 is 14.4 Å². The van der Waals surface area contributed by atoms with Crippen molar-refractivity contribution in [2.75, 3.05) is 16.2 Å². The number of sulfonamides is 1. The molecular formula is C28H26N2O4S. The zero-order valence-corrected chi connectivity index (χ0v) is 20.3. The zero-order chi connectivity index (χ0) is 24.8. The number of amides is 1. The van der Waals surface area contributed by atoms with Gasteiger partial charge in [0, 0.05) is 5.69 Å². The van der Waals surface area contributed by atoms with E-state index in [9.17, 15) is 13.2 Å². The van der Waals surface area contributed by atoms with Gasteiger partial charge in [0.1, 0.15) is 18.0 Å². The molecular weight excluding hydrogens is 460 g/mol. The number of carbonyl (C=O) groups excluding carboxylic acids is 1. The molecule has 0 aliphatic rings. The molecule has 0 spiro atoms. The molecule has 0 saturated heterocycles. The lowest BCUT2D eigenvalue weighted by molar-refractivity contribution is -0.114. The molecule has 6 nitrogen and oxygen atoms in total. The summed E-state index contributed by atoms with van der Waals surface area (Å²) in [5, 5.41) is 2.79. The normalized spacial score (nSPS) is 11.0. The van der Waals surface area contributed by atoms with Crippen LogP contribution in [0.2, 0.25) is 0 Å². The van der Waals surface area contributed by atoms with Crippen molar-refractivity contribution in [1.82, 2.24) is 0 Å². The molecule has 0 aliphatic carbocycles. The maximum atomic E-state index is 13.5. The summed E-state index contributed by atoms with van der Waals surface area (Å²) < 4.78 is 33.9. The Morgan fingerprint density at radius 2 is 1.31 bits per heavy atom. The number of benzene rings is 4. The van der Waals surface area contributed by atoms with E-state index < -0.39 is 15.9 Å². The van der Waals surface area contributed by atoms with Gasteiger partial charge in [-0.25, -0.2) is 8.42 Å². The standard InChI is InChI=1S/C28H26N2O4S/c1-21-17-22(2)19-24(18-21)30(35(32,33)27-11-7-4-8-12-27)20-28(31)29-23-13-15-26(16-14-23)34-25-9-5-3-6-10-25/h3-19H,20H2,1-2H3,(H,29,31). The lowest BCUT2D eigenvalue weighted by Crippen LogP contribution is -2.38. The summed E-state index contributed by atoms with van der Waals surface area (Å²) in [5.41, 5.74) is 2.78. The first-order valence-electron chi connectivity index (χ1n) is 11.1. The fraction of sp³-hybridized carbons (Fsp3) is 0.107. The summed E-state index contributed by atoms with van der Waals surface area (Å²) in [6.07, 6.45) is 0. The number of ether oxygens (including phenoxy) is 1. The van der Waals surface area contributed by atoms with E-state index in [0.29, 0.717) is 22.9 Å². The summed E-state index contributed by atoms with van der Waals surface area (Å²) in [7, 11) is -3.96. The Kier molecular flexibility index (Phi) is 7.17. The number of aryl methyl sites for hydroxylation is 2. The summed E-state index contributed by atoms with van der Waals surface area (Å²) >= 11 is 0. The van der Waals surface area contributed by atoms with Crippen molar-refractivity contribution in [3.8, 4) is 11.5 Å². The topological polar surface area (TPSA) is 75.7 Å². The minimum Gasteiger partial charge on any atom is -0.457 e. The van der Waals surface area contributed by atoms with Crippen molar-refractivity contribution >= 4 is 27.3 Å². The highest BCUT2D eigenvalue weighted by molar-refractivity contribution is 7.92. The fourth-order valence-corrected chi connectivity index (χ4v) is 5.12. The van der Waals surface area contributed by atoms with Crippen LogP contribution in [0.4, 0.5) is 11.4 Å². The Labute approximate surface area is 205 Å². The maximum Gasteiger partial charge on any atom is 0.264 e. The quantitative estimate of drug-likeness (QED) is 0.335. The molecule has 0 aromatic heterocycles. The van der Waals surface area contributed by atoms with Gasteiger partial charge in [-0.3, -0.25) is 9.10 Å². The number of anilines is 2. The third kappa shape index (κ3) is 6.07. The number of carbonyl (C=O) groups is 1. The molecule has 178 valence electrons. The molecule has 0 atom stereocenters. The third-order valence-corrected chi connectivity index (χ3v) is 7.02. The van der Waals surface area contributed by atoms with Crippen LogP contribution in [0.15, 0.2) is 108 Å². The molecule has 1 N–H and O–H groups in total. The molecule has 0 saturated carbocycles. The van der Waals surface area contributed by atoms with E-state index in [1.807, 2.05) is 50.2 Å². The summed E-state index contributed by atoms with van der Waals surface area (Å²) in [6.45, 7) is 3.41. The Balaban J connectivity index is 1.54. The molecule has 1 amide bonds. The SMILES string of the molecule is Cc1cc(C)cc(N(CC(=O)Nc2ccc(Oc3ccccc3)cc2)S(=O)(=O)c2ccccc2)c1. The van der Waals surface area contributed by atoms with Gasteiger partial charge in [0.05, 0.1) is 10.6 Å². The van der Waals surface area contributed by atoms with E-state index in [2.05, 4.69) is 5.32 Å². The number of para-hydroxylation sites is 1. The number of rotatable bonds is 8. The molecule has 4 aromatic rings. The van der Waals surface area contributed by atoms with E-state index in [1.54, 1.807) is 54.6 Å². The highest BCUT2D eigenvalue weighted by Gasteiger charge is 2.27. The molecule has 7 heteroatoms. The predicted octanol–water partition coefficient (Wildman–Crippen LogP) is 5.93. The van der Waals surface area contributed by atoms with Gasteiger partial charge in [-0.2, -0.15) is 0 Å². The van der Waals surface area contributed by atoms with E-state index >= 15 is 0 Å². The van der Waals surface area contributed by atoms with Gasteiger partial charge in [-0.05, 0) is 85.6 Å². The second-order valence-electron chi connectivity index (χ2n) is 8.16. The number of nitrogens with one attached hydrogen (secondary N) is 1. The number of hydrogen-bond acceptors (Lipinski definition) is 4. The largest absolute Gasteiger partial charge is 0.457 e. The third-order valence-electron chi connectivity index (χ3n) is 5.23. The molecule has 0 radical (unpaired) electrons. The highest BCUT2D eigenvalue weighted by atomic mass is 32.2. The van der Waals surface area contributed by atoms with E-state index in [1.165, 1.54) is 12.1 Å². The van der Waals surface area contributed by atoms with Crippen LogP contribution in [-0.2, 0) is 14.8 Å². The van der Waals surface area contributed by atoms with Crippen LogP contribution in [0.5, 0.6) is 11.5 Å². The Morgan fingerprint density at radius 1 is 0.771 bits per heavy atom. The van der Waals surface area contributed by atoms with Crippen molar-refractivity contribution < 1.29 is 17.9 Å². The second kappa shape index (κ2) is 10.4. The molecule has 0 aliphatic heterocycles. The van der Waals surface area contributed by atoms with Gasteiger partial charge in [-0.1, -0.05) is 42.5 Å². The smallest absolute Gasteiger partial charge is 0.264 e. The maximum absolute atomic E-state index is 13.5. The van der Waals surface area contributed by atoms with Crippen LogP contribution in [0.3, 0.4) is 0 Å². The molecule has 0 fully saturated rings. The molecule has 0 heterocycles. The minimum absolute atomic E-state index is 0.120. The first-order chi connectivity index (χ1) is 16.8. The summed E-state index contributed by atoms with van der Waals surface area (Å²) in [4.78, 5) is 13.1. The first-order valence-corrected chi connectivity index (χ1v) is 12.5. The van der Waals surface area contributed by atoms with Crippen LogP contribution in [0.1, 0.15) is 11.1 Å². The van der Waals surface area contributed by atoms with Crippen LogP contribution >= 0.6 is 0 Å². The monoisotopic (exact) mass is 486 g/mol. The van der Waals surface area contributed by atoms with Crippen LogP contribution in [0, 0.1) is 13.8 Å². The van der Waals surface area contributed by atoms with E-state index in [4.69, 9.17) is 4.74 Å². The van der Waals surface area contributed by atoms with Crippen molar-refractivity contribution in [2.24, 2.45) is 0 Å². The summed E-state index contributed by atoms with van der Waals surface area (Å²) in [6, 6.07) is 29.9. The van der Waals surface area contributed by atoms with Crippen molar-refractivity contribution in [2.45, 2.75) is 18.7 Å². The van der Waals surface area contributed by atoms with E-state index in [-0.39, 0.29) is 11.4 Å². The molecule has 4 rings (SSSR count). The molecule has 0 unspecified atom stereocenters. The Bertz CT molecular complexity index is 1380. The zero-order valence-electron chi connectivity index (χ0n) is 19.5. The fourth-order valence-electron chi connectivity index (χ4n) is 3.69. The highest BCUT2D eigenvalue weighted by Crippen LogP contribution is 2.27. The lowest BCUT2D eigenvalue weighted by atomic mass is 10.1.